The fraction of sp³-hybridized carbons (Fsp3) is 0.667. The van der Waals surface area contributed by atoms with Gasteiger partial charge < -0.3 is 15.5 Å². The van der Waals surface area contributed by atoms with Gasteiger partial charge in [-0.15, -0.1) is 34.2 Å². The number of rotatable bonds is 9. The van der Waals surface area contributed by atoms with Crippen molar-refractivity contribution in [3.05, 3.63) is 30.2 Å². The number of pyridine rings is 1. The van der Waals surface area contributed by atoms with Gasteiger partial charge in [0.1, 0.15) is 5.82 Å². The van der Waals surface area contributed by atoms with E-state index < -0.39 is 0 Å². The minimum atomic E-state index is 0. The van der Waals surface area contributed by atoms with Gasteiger partial charge in [0.15, 0.2) is 11.6 Å². The summed E-state index contributed by atoms with van der Waals surface area (Å²) in [4.78, 5) is 7.37. The molecule has 0 atom stereocenters. The first-order valence-electron chi connectivity index (χ1n) is 10.9. The lowest BCUT2D eigenvalue weighted by atomic mass is 10.0. The molecule has 1 saturated heterocycles. The Balaban J connectivity index is 0.00000300. The molecule has 1 fully saturated rings. The third kappa shape index (κ3) is 7.40. The zero-order chi connectivity index (χ0) is 19.6. The van der Waals surface area contributed by atoms with Crippen LogP contribution in [0, 0.1) is 0 Å². The van der Waals surface area contributed by atoms with Gasteiger partial charge in [-0.25, -0.2) is 0 Å². The number of hydrogen-bond donors (Lipinski definition) is 2. The Morgan fingerprint density at radius 1 is 1.17 bits per heavy atom. The number of fused-ring (bicyclic) bond motifs is 1. The minimum absolute atomic E-state index is 0. The normalized spacial score (nSPS) is 16.0. The summed E-state index contributed by atoms with van der Waals surface area (Å²) in [6, 6.07) is 6.51. The zero-order valence-corrected chi connectivity index (χ0v) is 20.1. The molecule has 162 valence electrons. The highest BCUT2D eigenvalue weighted by molar-refractivity contribution is 14.0. The Morgan fingerprint density at radius 3 is 2.76 bits per heavy atom. The Kier molecular flexibility index (Phi) is 10.7. The van der Waals surface area contributed by atoms with E-state index in [0.717, 1.165) is 43.4 Å². The highest BCUT2D eigenvalue weighted by Gasteiger charge is 2.19. The monoisotopic (exact) mass is 513 g/mol. The molecule has 2 aromatic heterocycles. The van der Waals surface area contributed by atoms with E-state index in [1.807, 2.05) is 24.4 Å². The van der Waals surface area contributed by atoms with Crippen LogP contribution in [-0.2, 0) is 6.42 Å². The van der Waals surface area contributed by atoms with E-state index in [1.54, 1.807) is 0 Å². The molecule has 0 spiro atoms. The molecule has 0 saturated carbocycles. The lowest BCUT2D eigenvalue weighted by Crippen LogP contribution is -2.48. The number of aliphatic imine (C=N–C) groups is 1. The van der Waals surface area contributed by atoms with Crippen molar-refractivity contribution in [2.75, 3.05) is 32.7 Å². The Labute approximate surface area is 191 Å². The van der Waals surface area contributed by atoms with Crippen molar-refractivity contribution in [2.24, 2.45) is 4.99 Å². The van der Waals surface area contributed by atoms with Crippen LogP contribution in [0.15, 0.2) is 29.4 Å². The second kappa shape index (κ2) is 13.0. The maximum atomic E-state index is 4.78. The number of unbranched alkanes of at least 4 members (excludes halogenated alkanes) is 1. The molecule has 0 unspecified atom stereocenters. The van der Waals surface area contributed by atoms with Crippen LogP contribution in [0.2, 0.25) is 0 Å². The van der Waals surface area contributed by atoms with Crippen LogP contribution in [-0.4, -0.2) is 64.2 Å². The van der Waals surface area contributed by atoms with Crippen molar-refractivity contribution in [3.63, 3.8) is 0 Å². The van der Waals surface area contributed by atoms with Gasteiger partial charge in [0.25, 0.3) is 0 Å². The summed E-state index contributed by atoms with van der Waals surface area (Å²) in [5, 5.41) is 15.5. The van der Waals surface area contributed by atoms with E-state index >= 15 is 0 Å². The summed E-state index contributed by atoms with van der Waals surface area (Å²) in [5.74, 6) is 1.95. The molecular formula is C21H36IN7. The van der Waals surface area contributed by atoms with Crippen LogP contribution in [0.5, 0.6) is 0 Å². The van der Waals surface area contributed by atoms with Crippen molar-refractivity contribution in [3.8, 4) is 0 Å². The number of halogens is 1. The molecule has 8 heteroatoms. The topological polar surface area (TPSA) is 69.8 Å². The van der Waals surface area contributed by atoms with Crippen LogP contribution in [0.1, 0.15) is 51.8 Å². The van der Waals surface area contributed by atoms with Crippen LogP contribution in [0.3, 0.4) is 0 Å². The summed E-state index contributed by atoms with van der Waals surface area (Å²) in [6.07, 6.45) is 8.83. The predicted octanol–water partition coefficient (Wildman–Crippen LogP) is 3.10. The standard InChI is InChI=1S/C21H35N7.HI/c1-3-5-14-27-16-11-18(12-17-27)24-21(22-4-2)23-13-8-10-20-26-25-19-9-6-7-15-28(19)20;/h6-7,9,15,18H,3-5,8,10-14,16-17H2,1-2H3,(H2,22,23,24);1H. The molecule has 3 heterocycles. The second-order valence-corrected chi connectivity index (χ2v) is 7.52. The SMILES string of the molecule is CCCCN1CCC(NC(=NCCCc2nnc3ccccn23)NCC)CC1.I. The third-order valence-corrected chi connectivity index (χ3v) is 5.31. The number of guanidine groups is 1. The molecular weight excluding hydrogens is 477 g/mol. The van der Waals surface area contributed by atoms with Crippen LogP contribution < -0.4 is 10.6 Å². The Morgan fingerprint density at radius 2 is 2.00 bits per heavy atom. The molecule has 0 aromatic carbocycles. The summed E-state index contributed by atoms with van der Waals surface area (Å²) in [6.45, 7) is 9.68. The van der Waals surface area contributed by atoms with Crippen molar-refractivity contribution in [1.29, 1.82) is 0 Å². The van der Waals surface area contributed by atoms with Gasteiger partial charge in [-0.05, 0) is 51.3 Å². The van der Waals surface area contributed by atoms with E-state index in [0.29, 0.717) is 6.04 Å². The minimum Gasteiger partial charge on any atom is -0.357 e. The van der Waals surface area contributed by atoms with Crippen molar-refractivity contribution in [2.45, 2.75) is 58.4 Å². The zero-order valence-electron chi connectivity index (χ0n) is 17.8. The van der Waals surface area contributed by atoms with E-state index in [4.69, 9.17) is 4.99 Å². The van der Waals surface area contributed by atoms with Gasteiger partial charge >= 0.3 is 0 Å². The van der Waals surface area contributed by atoms with Crippen LogP contribution >= 0.6 is 24.0 Å². The van der Waals surface area contributed by atoms with Crippen LogP contribution in [0.25, 0.3) is 5.65 Å². The lowest BCUT2D eigenvalue weighted by Gasteiger charge is -2.33. The number of hydrogen-bond acceptors (Lipinski definition) is 4. The van der Waals surface area contributed by atoms with Crippen molar-refractivity contribution in [1.82, 2.24) is 30.1 Å². The number of nitrogens with one attached hydrogen (secondary N) is 2. The molecule has 2 aromatic rings. The fourth-order valence-corrected chi connectivity index (χ4v) is 3.69. The van der Waals surface area contributed by atoms with Crippen molar-refractivity contribution >= 4 is 35.6 Å². The molecule has 7 nitrogen and oxygen atoms in total. The number of likely N-dealkylation sites (tertiary alicyclic amines) is 1. The Hall–Kier alpha value is -1.42. The molecule has 3 rings (SSSR count). The van der Waals surface area contributed by atoms with E-state index in [9.17, 15) is 0 Å². The van der Waals surface area contributed by atoms with Gasteiger partial charge in [-0.2, -0.15) is 0 Å². The molecule has 1 aliphatic rings. The highest BCUT2D eigenvalue weighted by atomic mass is 127. The number of nitrogens with zero attached hydrogens (tertiary/aromatic N) is 5. The number of piperidine rings is 1. The maximum absolute atomic E-state index is 4.78. The second-order valence-electron chi connectivity index (χ2n) is 7.52. The summed E-state index contributed by atoms with van der Waals surface area (Å²) in [5.41, 5.74) is 0.904. The van der Waals surface area contributed by atoms with E-state index in [-0.39, 0.29) is 24.0 Å². The number of aryl methyl sites for hydroxylation is 1. The van der Waals surface area contributed by atoms with E-state index in [1.165, 1.54) is 45.3 Å². The van der Waals surface area contributed by atoms with E-state index in [2.05, 4.69) is 44.0 Å². The molecule has 0 bridgehead atoms. The highest BCUT2D eigenvalue weighted by Crippen LogP contribution is 2.11. The molecule has 0 amide bonds. The van der Waals surface area contributed by atoms with Gasteiger partial charge in [0.2, 0.25) is 0 Å². The average molecular weight is 513 g/mol. The fourth-order valence-electron chi connectivity index (χ4n) is 3.69. The van der Waals surface area contributed by atoms with Gasteiger partial charge in [-0.3, -0.25) is 9.39 Å². The molecule has 29 heavy (non-hydrogen) atoms. The first-order valence-corrected chi connectivity index (χ1v) is 10.9. The number of aromatic nitrogens is 3. The summed E-state index contributed by atoms with van der Waals surface area (Å²) in [7, 11) is 0. The average Bonchev–Trinajstić information content (AvgIpc) is 3.14. The smallest absolute Gasteiger partial charge is 0.191 e. The van der Waals surface area contributed by atoms with Gasteiger partial charge in [0, 0.05) is 44.8 Å². The van der Waals surface area contributed by atoms with Crippen molar-refractivity contribution < 1.29 is 0 Å². The van der Waals surface area contributed by atoms with Gasteiger partial charge in [-0.1, -0.05) is 19.4 Å². The molecule has 1 aliphatic heterocycles. The van der Waals surface area contributed by atoms with Gasteiger partial charge in [0.05, 0.1) is 0 Å². The molecule has 0 radical (unpaired) electrons. The lowest BCUT2D eigenvalue weighted by molar-refractivity contribution is 0.203. The summed E-state index contributed by atoms with van der Waals surface area (Å²) < 4.78 is 2.06. The largest absolute Gasteiger partial charge is 0.357 e. The van der Waals surface area contributed by atoms with Crippen LogP contribution in [0.4, 0.5) is 0 Å². The quantitative estimate of drug-likeness (QED) is 0.234. The summed E-state index contributed by atoms with van der Waals surface area (Å²) >= 11 is 0. The Bertz CT molecular complexity index is 737. The molecule has 0 aliphatic carbocycles. The maximum Gasteiger partial charge on any atom is 0.191 e. The first-order chi connectivity index (χ1) is 13.8. The predicted molar refractivity (Wildman–Crippen MR) is 130 cm³/mol. The first kappa shape index (κ1) is 23.9. The third-order valence-electron chi connectivity index (χ3n) is 5.31. The molecule has 2 N–H and O–H groups in total.